The number of anilines is 1. The van der Waals surface area contributed by atoms with Crippen molar-refractivity contribution in [3.05, 3.63) is 40.9 Å². The van der Waals surface area contributed by atoms with Crippen LogP contribution in [0.5, 0.6) is 11.5 Å². The van der Waals surface area contributed by atoms with E-state index in [1.54, 1.807) is 5.38 Å². The van der Waals surface area contributed by atoms with Crippen LogP contribution < -0.4 is 14.8 Å². The molecule has 0 fully saturated rings. The topological polar surface area (TPSA) is 77.5 Å². The maximum Gasteiger partial charge on any atom is 0.387 e. The van der Waals surface area contributed by atoms with Gasteiger partial charge in [0.1, 0.15) is 5.69 Å². The van der Waals surface area contributed by atoms with Crippen molar-refractivity contribution in [2.75, 3.05) is 12.4 Å². The van der Waals surface area contributed by atoms with Crippen molar-refractivity contribution in [2.45, 2.75) is 13.5 Å². The minimum Gasteiger partial charge on any atom is -0.493 e. The zero-order valence-electron chi connectivity index (χ0n) is 13.3. The lowest BCUT2D eigenvalue weighted by atomic mass is 10.2. The number of carbonyl (C=O) groups is 2. The van der Waals surface area contributed by atoms with E-state index in [0.717, 1.165) is 11.3 Å². The van der Waals surface area contributed by atoms with Gasteiger partial charge in [-0.2, -0.15) is 8.78 Å². The Bertz CT molecular complexity index is 805. The van der Waals surface area contributed by atoms with E-state index in [4.69, 9.17) is 4.74 Å². The van der Waals surface area contributed by atoms with Gasteiger partial charge in [-0.3, -0.25) is 14.9 Å². The van der Waals surface area contributed by atoms with Crippen LogP contribution in [0.4, 0.5) is 13.9 Å². The maximum absolute atomic E-state index is 12.3. The van der Waals surface area contributed by atoms with Crippen molar-refractivity contribution in [1.82, 2.24) is 4.98 Å². The molecule has 2 rings (SSSR count). The third kappa shape index (κ3) is 5.35. The molecule has 6 nitrogen and oxygen atoms in total. The molecule has 25 heavy (non-hydrogen) atoms. The Hall–Kier alpha value is -2.81. The van der Waals surface area contributed by atoms with Gasteiger partial charge in [0.2, 0.25) is 5.91 Å². The third-order valence-corrected chi connectivity index (χ3v) is 3.68. The fraction of sp³-hybridized carbons (Fsp3) is 0.188. The van der Waals surface area contributed by atoms with Crippen LogP contribution in [0, 0.1) is 0 Å². The second-order valence-electron chi connectivity index (χ2n) is 4.71. The van der Waals surface area contributed by atoms with E-state index >= 15 is 0 Å². The number of ether oxygens (including phenoxy) is 2. The molecule has 0 aliphatic heterocycles. The van der Waals surface area contributed by atoms with Gasteiger partial charge in [0, 0.05) is 18.4 Å². The quantitative estimate of drug-likeness (QED) is 0.597. The second kappa shape index (κ2) is 8.34. The molecule has 0 saturated heterocycles. The molecular formula is C16H14F2N2O4S. The van der Waals surface area contributed by atoms with Gasteiger partial charge in [0.15, 0.2) is 22.4 Å². The number of carbonyl (C=O) groups excluding carboxylic acids is 2. The van der Waals surface area contributed by atoms with Gasteiger partial charge < -0.3 is 9.47 Å². The summed E-state index contributed by atoms with van der Waals surface area (Å²) < 4.78 is 33.9. The maximum atomic E-state index is 12.3. The van der Waals surface area contributed by atoms with Crippen LogP contribution in [0.15, 0.2) is 29.7 Å². The molecular weight excluding hydrogens is 354 g/mol. The predicted molar refractivity (Wildman–Crippen MR) is 89.4 cm³/mol. The average molecular weight is 368 g/mol. The number of benzene rings is 1. The zero-order valence-corrected chi connectivity index (χ0v) is 14.1. The molecule has 2 aromatic rings. The van der Waals surface area contributed by atoms with Crippen LogP contribution in [0.3, 0.4) is 0 Å². The molecule has 0 atom stereocenters. The average Bonchev–Trinajstić information content (AvgIpc) is 3.02. The Morgan fingerprint density at radius 2 is 2.08 bits per heavy atom. The molecule has 132 valence electrons. The molecule has 0 bridgehead atoms. The Morgan fingerprint density at radius 3 is 2.68 bits per heavy atom. The summed E-state index contributed by atoms with van der Waals surface area (Å²) in [6.07, 6.45) is 2.72. The van der Waals surface area contributed by atoms with E-state index in [0.29, 0.717) is 10.7 Å². The summed E-state index contributed by atoms with van der Waals surface area (Å²) in [4.78, 5) is 27.0. The second-order valence-corrected chi connectivity index (χ2v) is 5.56. The minimum absolute atomic E-state index is 0.0985. The number of ketones is 1. The number of thiazole rings is 1. The number of nitrogens with one attached hydrogen (secondary N) is 1. The van der Waals surface area contributed by atoms with Crippen LogP contribution in [0.2, 0.25) is 0 Å². The molecule has 0 aliphatic carbocycles. The largest absolute Gasteiger partial charge is 0.493 e. The molecule has 1 heterocycles. The molecule has 0 unspecified atom stereocenters. The van der Waals surface area contributed by atoms with Crippen LogP contribution in [0.1, 0.15) is 23.0 Å². The molecule has 0 saturated carbocycles. The Labute approximate surface area is 146 Å². The van der Waals surface area contributed by atoms with Gasteiger partial charge >= 0.3 is 6.61 Å². The molecule has 0 aliphatic rings. The van der Waals surface area contributed by atoms with Crippen molar-refractivity contribution in [2.24, 2.45) is 0 Å². The van der Waals surface area contributed by atoms with Gasteiger partial charge in [-0.05, 0) is 23.8 Å². The van der Waals surface area contributed by atoms with E-state index in [2.05, 4.69) is 15.0 Å². The van der Waals surface area contributed by atoms with Gasteiger partial charge in [0.25, 0.3) is 0 Å². The van der Waals surface area contributed by atoms with Crippen molar-refractivity contribution in [1.29, 1.82) is 0 Å². The number of methoxy groups -OCH3 is 1. The highest BCUT2D eigenvalue weighted by molar-refractivity contribution is 7.14. The SMILES string of the molecule is COc1cc(/C=C/C(=O)Nc2nc(C(C)=O)cs2)ccc1OC(F)F. The molecule has 9 heteroatoms. The number of nitrogens with zero attached hydrogens (tertiary/aromatic N) is 1. The van der Waals surface area contributed by atoms with Gasteiger partial charge in [-0.15, -0.1) is 11.3 Å². The summed E-state index contributed by atoms with van der Waals surface area (Å²) >= 11 is 1.14. The number of rotatable bonds is 7. The molecule has 1 aromatic heterocycles. The first kappa shape index (κ1) is 18.5. The van der Waals surface area contributed by atoms with E-state index in [1.165, 1.54) is 44.4 Å². The van der Waals surface area contributed by atoms with Crippen LogP contribution in [0.25, 0.3) is 6.08 Å². The molecule has 0 spiro atoms. The van der Waals surface area contributed by atoms with Gasteiger partial charge in [-0.1, -0.05) is 6.07 Å². The lowest BCUT2D eigenvalue weighted by molar-refractivity contribution is -0.111. The number of hydrogen-bond acceptors (Lipinski definition) is 6. The predicted octanol–water partition coefficient (Wildman–Crippen LogP) is 3.61. The standard InChI is InChI=1S/C16H14F2N2O4S/c1-9(21)11-8-25-16(19-11)20-14(22)6-4-10-3-5-12(24-15(17)18)13(7-10)23-2/h3-8,15H,1-2H3,(H,19,20,22)/b6-4+. The van der Waals surface area contributed by atoms with Gasteiger partial charge in [0.05, 0.1) is 7.11 Å². The number of aromatic nitrogens is 1. The van der Waals surface area contributed by atoms with Crippen LogP contribution >= 0.6 is 11.3 Å². The lowest BCUT2D eigenvalue weighted by Crippen LogP contribution is -2.07. The first-order valence-corrected chi connectivity index (χ1v) is 7.85. The third-order valence-electron chi connectivity index (χ3n) is 2.93. The first-order valence-electron chi connectivity index (χ1n) is 6.97. The van der Waals surface area contributed by atoms with E-state index in [9.17, 15) is 18.4 Å². The normalized spacial score (nSPS) is 10.9. The smallest absolute Gasteiger partial charge is 0.387 e. The van der Waals surface area contributed by atoms with Crippen molar-refractivity contribution >= 4 is 34.2 Å². The summed E-state index contributed by atoms with van der Waals surface area (Å²) in [5.74, 6) is -0.616. The first-order chi connectivity index (χ1) is 11.9. The van der Waals surface area contributed by atoms with Gasteiger partial charge in [-0.25, -0.2) is 4.98 Å². The van der Waals surface area contributed by atoms with E-state index < -0.39 is 12.5 Å². The molecule has 1 aromatic carbocycles. The van der Waals surface area contributed by atoms with E-state index in [-0.39, 0.29) is 23.0 Å². The summed E-state index contributed by atoms with van der Waals surface area (Å²) in [7, 11) is 1.32. The molecule has 1 amide bonds. The van der Waals surface area contributed by atoms with E-state index in [1.807, 2.05) is 0 Å². The highest BCUT2D eigenvalue weighted by Crippen LogP contribution is 2.29. The molecule has 0 radical (unpaired) electrons. The fourth-order valence-corrected chi connectivity index (χ4v) is 2.55. The number of alkyl halides is 2. The van der Waals surface area contributed by atoms with Crippen LogP contribution in [-0.2, 0) is 4.79 Å². The monoisotopic (exact) mass is 368 g/mol. The van der Waals surface area contributed by atoms with Crippen molar-refractivity contribution in [3.63, 3.8) is 0 Å². The summed E-state index contributed by atoms with van der Waals surface area (Å²) in [6.45, 7) is -1.57. The Kier molecular flexibility index (Phi) is 6.18. The highest BCUT2D eigenvalue weighted by Gasteiger charge is 2.11. The fourth-order valence-electron chi connectivity index (χ4n) is 1.79. The Morgan fingerprint density at radius 1 is 1.32 bits per heavy atom. The zero-order chi connectivity index (χ0) is 18.4. The Balaban J connectivity index is 2.04. The van der Waals surface area contributed by atoms with Crippen molar-refractivity contribution in [3.8, 4) is 11.5 Å². The van der Waals surface area contributed by atoms with Crippen molar-refractivity contribution < 1.29 is 27.8 Å². The number of amides is 1. The highest BCUT2D eigenvalue weighted by atomic mass is 32.1. The lowest BCUT2D eigenvalue weighted by Gasteiger charge is -2.10. The van der Waals surface area contributed by atoms with Crippen LogP contribution in [-0.4, -0.2) is 30.4 Å². The number of halogens is 2. The minimum atomic E-state index is -2.96. The summed E-state index contributed by atoms with van der Waals surface area (Å²) in [5, 5.41) is 4.38. The number of Topliss-reactive ketones (excluding diaryl/α,β-unsaturated/α-hetero) is 1. The summed E-state index contributed by atoms with van der Waals surface area (Å²) in [5.41, 5.74) is 0.834. The summed E-state index contributed by atoms with van der Waals surface area (Å²) in [6, 6.07) is 4.28. The number of hydrogen-bond donors (Lipinski definition) is 1. The molecule has 1 N–H and O–H groups in total.